The second-order valence-corrected chi connectivity index (χ2v) is 7.58. The van der Waals surface area contributed by atoms with Crippen molar-refractivity contribution in [2.45, 2.75) is 33.0 Å². The third kappa shape index (κ3) is 4.94. The summed E-state index contributed by atoms with van der Waals surface area (Å²) >= 11 is 0. The first-order valence-electron chi connectivity index (χ1n) is 10.2. The van der Waals surface area contributed by atoms with Crippen LogP contribution in [0.1, 0.15) is 23.9 Å². The zero-order valence-corrected chi connectivity index (χ0v) is 17.7. The van der Waals surface area contributed by atoms with Crippen molar-refractivity contribution in [3.8, 4) is 5.75 Å². The first-order chi connectivity index (χ1) is 15.4. The van der Waals surface area contributed by atoms with Gasteiger partial charge in [0, 0.05) is 12.1 Å². The molecule has 0 aliphatic heterocycles. The molecule has 0 fully saturated rings. The van der Waals surface area contributed by atoms with E-state index in [2.05, 4.69) is 4.98 Å². The van der Waals surface area contributed by atoms with Gasteiger partial charge in [-0.05, 0) is 61.9 Å². The molecule has 1 amide bonds. The number of halogens is 2. The number of ether oxygens (including phenoxy) is 1. The molecule has 0 saturated heterocycles. The lowest BCUT2D eigenvalue weighted by Gasteiger charge is -2.25. The Labute approximate surface area is 184 Å². The summed E-state index contributed by atoms with van der Waals surface area (Å²) in [5.74, 6) is -0.769. The first kappa shape index (κ1) is 21.5. The van der Waals surface area contributed by atoms with Gasteiger partial charge in [-0.25, -0.2) is 13.8 Å². The molecule has 5 nitrogen and oxygen atoms in total. The van der Waals surface area contributed by atoms with Gasteiger partial charge in [0.15, 0.2) is 11.7 Å². The third-order valence-electron chi connectivity index (χ3n) is 5.00. The number of para-hydroxylation sites is 1. The largest absolute Gasteiger partial charge is 0.481 e. The van der Waals surface area contributed by atoms with E-state index >= 15 is 0 Å². The lowest BCUT2D eigenvalue weighted by atomic mass is 10.1. The SMILES string of the molecule is Cc1ccc2oc(CN(Cc3cc(F)ccc3F)C(=O)C(C)Oc3ccccc3)nc2c1. The number of aromatic nitrogens is 1. The van der Waals surface area contributed by atoms with E-state index in [1.165, 1.54) is 4.90 Å². The third-order valence-corrected chi connectivity index (χ3v) is 5.00. The quantitative estimate of drug-likeness (QED) is 0.389. The minimum Gasteiger partial charge on any atom is -0.481 e. The Kier molecular flexibility index (Phi) is 6.16. The maximum Gasteiger partial charge on any atom is 0.264 e. The van der Waals surface area contributed by atoms with Crippen LogP contribution in [0.2, 0.25) is 0 Å². The van der Waals surface area contributed by atoms with Crippen LogP contribution < -0.4 is 4.74 Å². The van der Waals surface area contributed by atoms with Gasteiger partial charge < -0.3 is 14.1 Å². The molecule has 0 saturated carbocycles. The van der Waals surface area contributed by atoms with Crippen LogP contribution in [0, 0.1) is 18.6 Å². The highest BCUT2D eigenvalue weighted by atomic mass is 19.1. The molecule has 0 spiro atoms. The van der Waals surface area contributed by atoms with E-state index in [-0.39, 0.29) is 18.7 Å². The molecule has 164 valence electrons. The molecule has 0 radical (unpaired) electrons. The minimum atomic E-state index is -0.861. The number of aryl methyl sites for hydroxylation is 1. The topological polar surface area (TPSA) is 55.6 Å². The molecular weight excluding hydrogens is 414 g/mol. The fraction of sp³-hybridized carbons (Fsp3) is 0.200. The van der Waals surface area contributed by atoms with E-state index in [9.17, 15) is 13.6 Å². The molecule has 0 aliphatic carbocycles. The highest BCUT2D eigenvalue weighted by Gasteiger charge is 2.25. The van der Waals surface area contributed by atoms with Crippen LogP contribution in [-0.2, 0) is 17.9 Å². The van der Waals surface area contributed by atoms with Crippen LogP contribution in [0.4, 0.5) is 8.78 Å². The summed E-state index contributed by atoms with van der Waals surface area (Å²) < 4.78 is 39.6. The summed E-state index contributed by atoms with van der Waals surface area (Å²) in [5, 5.41) is 0. The highest BCUT2D eigenvalue weighted by Crippen LogP contribution is 2.21. The van der Waals surface area contributed by atoms with Crippen molar-refractivity contribution in [1.82, 2.24) is 9.88 Å². The Hall–Kier alpha value is -3.74. The van der Waals surface area contributed by atoms with Crippen LogP contribution in [0.15, 0.2) is 71.1 Å². The number of nitrogens with zero attached hydrogens (tertiary/aromatic N) is 2. The van der Waals surface area contributed by atoms with Crippen LogP contribution in [0.25, 0.3) is 11.1 Å². The van der Waals surface area contributed by atoms with Crippen molar-refractivity contribution in [2.75, 3.05) is 0 Å². The lowest BCUT2D eigenvalue weighted by molar-refractivity contribution is -0.139. The number of carbonyl (C=O) groups excluding carboxylic acids is 1. The molecule has 32 heavy (non-hydrogen) atoms. The number of carbonyl (C=O) groups is 1. The van der Waals surface area contributed by atoms with Crippen LogP contribution in [0.3, 0.4) is 0 Å². The molecule has 0 bridgehead atoms. The summed E-state index contributed by atoms with van der Waals surface area (Å²) in [5.41, 5.74) is 2.33. The summed E-state index contributed by atoms with van der Waals surface area (Å²) in [7, 11) is 0. The number of hydrogen-bond donors (Lipinski definition) is 0. The number of oxazole rings is 1. The number of benzene rings is 3. The fourth-order valence-electron chi connectivity index (χ4n) is 3.41. The summed E-state index contributed by atoms with van der Waals surface area (Å²) in [6.07, 6.45) is -0.861. The standard InChI is InChI=1S/C25H22F2N2O3/c1-16-8-11-23-22(12-16)28-24(32-23)15-29(14-18-13-19(26)9-10-21(18)27)25(30)17(2)31-20-6-4-3-5-7-20/h3-13,17H,14-15H2,1-2H3. The lowest BCUT2D eigenvalue weighted by Crippen LogP contribution is -2.40. The van der Waals surface area contributed by atoms with E-state index in [1.54, 1.807) is 37.3 Å². The molecule has 0 aliphatic rings. The van der Waals surface area contributed by atoms with Crippen molar-refractivity contribution in [2.24, 2.45) is 0 Å². The van der Waals surface area contributed by atoms with Crippen LogP contribution in [0.5, 0.6) is 5.75 Å². The van der Waals surface area contributed by atoms with E-state index in [4.69, 9.17) is 9.15 Å². The second kappa shape index (κ2) is 9.18. The molecule has 1 heterocycles. The average molecular weight is 436 g/mol. The fourth-order valence-corrected chi connectivity index (χ4v) is 3.41. The van der Waals surface area contributed by atoms with Gasteiger partial charge in [-0.15, -0.1) is 0 Å². The Morgan fingerprint density at radius 1 is 1.06 bits per heavy atom. The van der Waals surface area contributed by atoms with Gasteiger partial charge >= 0.3 is 0 Å². The maximum absolute atomic E-state index is 14.3. The summed E-state index contributed by atoms with van der Waals surface area (Å²) in [6.45, 7) is 3.37. The molecule has 1 aromatic heterocycles. The second-order valence-electron chi connectivity index (χ2n) is 7.58. The van der Waals surface area contributed by atoms with Gasteiger partial charge in [-0.2, -0.15) is 0 Å². The molecule has 4 aromatic rings. The van der Waals surface area contributed by atoms with Crippen molar-refractivity contribution >= 4 is 17.0 Å². The zero-order valence-electron chi connectivity index (χ0n) is 17.7. The van der Waals surface area contributed by atoms with Gasteiger partial charge in [0.25, 0.3) is 5.91 Å². The normalized spacial score (nSPS) is 12.0. The predicted molar refractivity (Wildman–Crippen MR) is 116 cm³/mol. The monoisotopic (exact) mass is 436 g/mol. The molecule has 1 unspecified atom stereocenters. The molecule has 4 rings (SSSR count). The predicted octanol–water partition coefficient (Wildman–Crippen LogP) is 5.41. The molecule has 1 atom stereocenters. The summed E-state index contributed by atoms with van der Waals surface area (Å²) in [4.78, 5) is 19.0. The molecule has 7 heteroatoms. The Bertz CT molecular complexity index is 1240. The maximum atomic E-state index is 14.3. The van der Waals surface area contributed by atoms with E-state index in [0.29, 0.717) is 22.7 Å². The Morgan fingerprint density at radius 2 is 1.84 bits per heavy atom. The minimum absolute atomic E-state index is 0.0228. The van der Waals surface area contributed by atoms with E-state index < -0.39 is 23.6 Å². The zero-order chi connectivity index (χ0) is 22.7. The van der Waals surface area contributed by atoms with E-state index in [0.717, 1.165) is 23.8 Å². The van der Waals surface area contributed by atoms with Gasteiger partial charge in [0.1, 0.15) is 22.9 Å². The van der Waals surface area contributed by atoms with Crippen molar-refractivity contribution in [3.63, 3.8) is 0 Å². The number of rotatable bonds is 7. The smallest absolute Gasteiger partial charge is 0.264 e. The molecule has 3 aromatic carbocycles. The number of amides is 1. The van der Waals surface area contributed by atoms with Gasteiger partial charge in [-0.3, -0.25) is 4.79 Å². The molecule has 0 N–H and O–H groups in total. The number of hydrogen-bond acceptors (Lipinski definition) is 4. The summed E-state index contributed by atoms with van der Waals surface area (Å²) in [6, 6.07) is 17.7. The highest BCUT2D eigenvalue weighted by molar-refractivity contribution is 5.81. The average Bonchev–Trinajstić information content (AvgIpc) is 3.17. The van der Waals surface area contributed by atoms with Crippen LogP contribution in [-0.4, -0.2) is 21.9 Å². The Morgan fingerprint density at radius 3 is 2.62 bits per heavy atom. The van der Waals surface area contributed by atoms with Crippen LogP contribution >= 0.6 is 0 Å². The van der Waals surface area contributed by atoms with Crippen molar-refractivity contribution in [1.29, 1.82) is 0 Å². The Balaban J connectivity index is 1.61. The van der Waals surface area contributed by atoms with Gasteiger partial charge in [-0.1, -0.05) is 24.3 Å². The van der Waals surface area contributed by atoms with Crippen molar-refractivity contribution < 1.29 is 22.7 Å². The van der Waals surface area contributed by atoms with Crippen molar-refractivity contribution in [3.05, 3.63) is 95.4 Å². The first-order valence-corrected chi connectivity index (χ1v) is 10.2. The molecular formula is C25H22F2N2O3. The van der Waals surface area contributed by atoms with Gasteiger partial charge in [0.05, 0.1) is 6.54 Å². The number of fused-ring (bicyclic) bond motifs is 1. The van der Waals surface area contributed by atoms with E-state index in [1.807, 2.05) is 25.1 Å². The van der Waals surface area contributed by atoms with Gasteiger partial charge in [0.2, 0.25) is 5.89 Å².